The van der Waals surface area contributed by atoms with Gasteiger partial charge in [-0.25, -0.2) is 19.2 Å². The van der Waals surface area contributed by atoms with Crippen molar-refractivity contribution < 1.29 is 33.4 Å². The van der Waals surface area contributed by atoms with E-state index in [1.165, 1.54) is 0 Å². The van der Waals surface area contributed by atoms with Gasteiger partial charge in [0.15, 0.2) is 0 Å². The molecular weight excluding hydrogens is 452 g/mol. The Hall–Kier alpha value is -3.88. The van der Waals surface area contributed by atoms with Crippen molar-refractivity contribution >= 4 is 24.1 Å². The van der Waals surface area contributed by atoms with Gasteiger partial charge in [0.1, 0.15) is 18.7 Å². The first-order chi connectivity index (χ1) is 16.8. The summed E-state index contributed by atoms with van der Waals surface area (Å²) < 4.78 is 15.1. The Kier molecular flexibility index (Phi) is 11.3. The lowest BCUT2D eigenvalue weighted by molar-refractivity contribution is -0.162. The Bertz CT molecular complexity index is 964. The summed E-state index contributed by atoms with van der Waals surface area (Å²) in [5.41, 5.74) is 1.54. The largest absolute Gasteiger partial charge is 0.450 e. The zero-order valence-corrected chi connectivity index (χ0v) is 20.2. The molecule has 2 amide bonds. The molecule has 35 heavy (non-hydrogen) atoms. The van der Waals surface area contributed by atoms with Crippen LogP contribution in [-0.2, 0) is 36.8 Å². The fourth-order valence-corrected chi connectivity index (χ4v) is 3.19. The molecule has 0 heterocycles. The molecule has 188 valence electrons. The molecule has 0 aromatic heterocycles. The van der Waals surface area contributed by atoms with Crippen LogP contribution in [0, 0.1) is 5.92 Å². The zero-order chi connectivity index (χ0) is 25.6. The molecule has 0 bridgehead atoms. The standard InChI is InChI=1S/C26H32N2O7/c1-4-33-25(31)28-22(16-19-11-7-5-8-12-19)24(30)35-23(29)21(15-18(2)3)27-26(32)34-17-20-13-9-6-10-14-20/h5-14,18,21-22H,4,15-17H2,1-3H3,(H,27,32)(H,28,31)/t21-,22-/m0/s1. The lowest BCUT2D eigenvalue weighted by atomic mass is 10.0. The average molecular weight is 485 g/mol. The van der Waals surface area contributed by atoms with Gasteiger partial charge in [-0.2, -0.15) is 0 Å². The molecule has 2 N–H and O–H groups in total. The van der Waals surface area contributed by atoms with E-state index >= 15 is 0 Å². The molecule has 2 rings (SSSR count). The summed E-state index contributed by atoms with van der Waals surface area (Å²) in [5.74, 6) is -1.89. The highest BCUT2D eigenvalue weighted by atomic mass is 16.6. The summed E-state index contributed by atoms with van der Waals surface area (Å²) in [7, 11) is 0. The van der Waals surface area contributed by atoms with Gasteiger partial charge in [0.05, 0.1) is 6.61 Å². The number of hydrogen-bond donors (Lipinski definition) is 2. The number of alkyl carbamates (subject to hydrolysis) is 2. The predicted molar refractivity (Wildman–Crippen MR) is 128 cm³/mol. The number of carbonyl (C=O) groups is 4. The first-order valence-corrected chi connectivity index (χ1v) is 11.5. The normalized spacial score (nSPS) is 12.2. The van der Waals surface area contributed by atoms with Crippen molar-refractivity contribution in [1.82, 2.24) is 10.6 Å². The van der Waals surface area contributed by atoms with E-state index in [0.29, 0.717) is 0 Å². The number of carbonyl (C=O) groups excluding carboxylic acids is 4. The van der Waals surface area contributed by atoms with Gasteiger partial charge in [-0.05, 0) is 30.4 Å². The number of nitrogens with one attached hydrogen (secondary N) is 2. The van der Waals surface area contributed by atoms with E-state index < -0.39 is 36.2 Å². The van der Waals surface area contributed by atoms with Crippen LogP contribution in [-0.4, -0.2) is 42.8 Å². The van der Waals surface area contributed by atoms with Gasteiger partial charge in [0, 0.05) is 6.42 Å². The SMILES string of the molecule is CCOC(=O)N[C@@H](Cc1ccccc1)C(=O)OC(=O)[C@H](CC(C)C)NC(=O)OCc1ccccc1. The van der Waals surface area contributed by atoms with Crippen molar-refractivity contribution in [3.05, 3.63) is 71.8 Å². The molecule has 0 unspecified atom stereocenters. The number of esters is 2. The third-order valence-electron chi connectivity index (χ3n) is 4.83. The van der Waals surface area contributed by atoms with Crippen LogP contribution in [0.4, 0.5) is 9.59 Å². The van der Waals surface area contributed by atoms with E-state index in [2.05, 4.69) is 10.6 Å². The zero-order valence-electron chi connectivity index (χ0n) is 20.2. The topological polar surface area (TPSA) is 120 Å². The van der Waals surface area contributed by atoms with E-state index in [4.69, 9.17) is 14.2 Å². The molecule has 0 saturated heterocycles. The first-order valence-electron chi connectivity index (χ1n) is 11.5. The third-order valence-corrected chi connectivity index (χ3v) is 4.83. The van der Waals surface area contributed by atoms with Gasteiger partial charge in [0.2, 0.25) is 0 Å². The molecular formula is C26H32N2O7. The third kappa shape index (κ3) is 10.3. The molecule has 0 aliphatic heterocycles. The van der Waals surface area contributed by atoms with E-state index in [1.807, 2.05) is 38.1 Å². The van der Waals surface area contributed by atoms with Crippen LogP contribution in [0.25, 0.3) is 0 Å². The van der Waals surface area contributed by atoms with Crippen molar-refractivity contribution in [3.8, 4) is 0 Å². The smallest absolute Gasteiger partial charge is 0.408 e. The highest BCUT2D eigenvalue weighted by molar-refractivity contribution is 5.93. The van der Waals surface area contributed by atoms with Gasteiger partial charge in [0.25, 0.3) is 0 Å². The first kappa shape index (κ1) is 27.4. The lowest BCUT2D eigenvalue weighted by Gasteiger charge is -2.21. The molecule has 0 spiro atoms. The molecule has 9 nitrogen and oxygen atoms in total. The molecule has 2 aromatic rings. The van der Waals surface area contributed by atoms with Crippen LogP contribution in [0.2, 0.25) is 0 Å². The second kappa shape index (κ2) is 14.4. The number of benzene rings is 2. The monoisotopic (exact) mass is 484 g/mol. The Morgan fingerprint density at radius 1 is 0.743 bits per heavy atom. The minimum absolute atomic E-state index is 0.00912. The van der Waals surface area contributed by atoms with E-state index in [-0.39, 0.29) is 32.0 Å². The highest BCUT2D eigenvalue weighted by Crippen LogP contribution is 2.10. The van der Waals surface area contributed by atoms with Gasteiger partial charge >= 0.3 is 24.1 Å². The molecule has 2 atom stereocenters. The van der Waals surface area contributed by atoms with Gasteiger partial charge in [-0.15, -0.1) is 0 Å². The fraction of sp³-hybridized carbons (Fsp3) is 0.385. The van der Waals surface area contributed by atoms with E-state index in [1.54, 1.807) is 43.3 Å². The molecule has 0 radical (unpaired) electrons. The van der Waals surface area contributed by atoms with Crippen molar-refractivity contribution in [2.75, 3.05) is 6.61 Å². The molecule has 0 fully saturated rings. The van der Waals surface area contributed by atoms with Crippen LogP contribution < -0.4 is 10.6 Å². The summed E-state index contributed by atoms with van der Waals surface area (Å²) in [6, 6.07) is 15.8. The van der Waals surface area contributed by atoms with Crippen LogP contribution >= 0.6 is 0 Å². The van der Waals surface area contributed by atoms with Gasteiger partial charge in [-0.1, -0.05) is 74.5 Å². The van der Waals surface area contributed by atoms with Gasteiger partial charge in [-0.3, -0.25) is 0 Å². The number of hydrogen-bond acceptors (Lipinski definition) is 7. The van der Waals surface area contributed by atoms with Crippen molar-refractivity contribution in [3.63, 3.8) is 0 Å². The fourth-order valence-electron chi connectivity index (χ4n) is 3.19. The lowest BCUT2D eigenvalue weighted by Crippen LogP contribution is -2.48. The number of amides is 2. The Morgan fingerprint density at radius 3 is 1.83 bits per heavy atom. The van der Waals surface area contributed by atoms with Crippen LogP contribution in [0.15, 0.2) is 60.7 Å². The van der Waals surface area contributed by atoms with E-state index in [0.717, 1.165) is 11.1 Å². The van der Waals surface area contributed by atoms with Gasteiger partial charge < -0.3 is 24.8 Å². The molecule has 0 aliphatic rings. The van der Waals surface area contributed by atoms with Crippen LogP contribution in [0.3, 0.4) is 0 Å². The minimum Gasteiger partial charge on any atom is -0.450 e. The second-order valence-electron chi connectivity index (χ2n) is 8.24. The predicted octanol–water partition coefficient (Wildman–Crippen LogP) is 3.75. The van der Waals surface area contributed by atoms with Crippen molar-refractivity contribution in [2.24, 2.45) is 5.92 Å². The molecule has 0 saturated carbocycles. The van der Waals surface area contributed by atoms with Crippen molar-refractivity contribution in [1.29, 1.82) is 0 Å². The minimum atomic E-state index is -1.16. The Balaban J connectivity index is 2.04. The second-order valence-corrected chi connectivity index (χ2v) is 8.24. The Labute approximate surface area is 205 Å². The maximum Gasteiger partial charge on any atom is 0.408 e. The summed E-state index contributed by atoms with van der Waals surface area (Å²) in [6.07, 6.45) is -1.30. The number of rotatable bonds is 11. The summed E-state index contributed by atoms with van der Waals surface area (Å²) in [4.78, 5) is 49.9. The summed E-state index contributed by atoms with van der Waals surface area (Å²) >= 11 is 0. The molecule has 0 aliphatic carbocycles. The summed E-state index contributed by atoms with van der Waals surface area (Å²) in [5, 5.41) is 4.90. The maximum absolute atomic E-state index is 12.8. The maximum atomic E-state index is 12.8. The van der Waals surface area contributed by atoms with E-state index in [9.17, 15) is 19.2 Å². The average Bonchev–Trinajstić information content (AvgIpc) is 2.83. The van der Waals surface area contributed by atoms with Crippen molar-refractivity contribution in [2.45, 2.75) is 52.3 Å². The number of ether oxygens (including phenoxy) is 3. The van der Waals surface area contributed by atoms with Crippen LogP contribution in [0.5, 0.6) is 0 Å². The highest BCUT2D eigenvalue weighted by Gasteiger charge is 2.30. The summed E-state index contributed by atoms with van der Waals surface area (Å²) in [6.45, 7) is 5.49. The molecule has 9 heteroatoms. The molecule has 2 aromatic carbocycles. The van der Waals surface area contributed by atoms with Crippen LogP contribution in [0.1, 0.15) is 38.3 Å². The Morgan fingerprint density at radius 2 is 1.26 bits per heavy atom. The quantitative estimate of drug-likeness (QED) is 0.283.